The number of rotatable bonds is 2. The number of β-amino-alcohol motifs (C(OH)–C–C–N with tert-alkyl or cyclic N) is 1. The van der Waals surface area contributed by atoms with E-state index in [4.69, 9.17) is 0 Å². The third-order valence-corrected chi connectivity index (χ3v) is 4.08. The SMILES string of the molecule is CC1CCN(c2cc(Br)c(F)cc2[N+](=O)[O-])CC1O. The van der Waals surface area contributed by atoms with E-state index in [0.717, 1.165) is 12.5 Å². The summed E-state index contributed by atoms with van der Waals surface area (Å²) in [5.41, 5.74) is 0.0617. The van der Waals surface area contributed by atoms with Gasteiger partial charge in [-0.25, -0.2) is 4.39 Å². The Bertz CT molecular complexity index is 512. The van der Waals surface area contributed by atoms with Crippen molar-refractivity contribution in [3.8, 4) is 0 Å². The number of halogens is 2. The highest BCUT2D eigenvalue weighted by Crippen LogP contribution is 2.35. The molecule has 19 heavy (non-hydrogen) atoms. The smallest absolute Gasteiger partial charge is 0.295 e. The summed E-state index contributed by atoms with van der Waals surface area (Å²) in [6, 6.07) is 2.31. The Morgan fingerprint density at radius 1 is 1.58 bits per heavy atom. The Labute approximate surface area is 118 Å². The molecule has 1 saturated heterocycles. The van der Waals surface area contributed by atoms with Crippen LogP contribution in [0.5, 0.6) is 0 Å². The predicted octanol–water partition coefficient (Wildman–Crippen LogP) is 2.70. The highest BCUT2D eigenvalue weighted by atomic mass is 79.9. The topological polar surface area (TPSA) is 66.6 Å². The van der Waals surface area contributed by atoms with E-state index in [9.17, 15) is 19.6 Å². The first-order chi connectivity index (χ1) is 8.90. The molecule has 5 nitrogen and oxygen atoms in total. The van der Waals surface area contributed by atoms with E-state index in [1.807, 2.05) is 6.92 Å². The molecule has 2 rings (SSSR count). The molecule has 2 atom stereocenters. The number of anilines is 1. The van der Waals surface area contributed by atoms with Crippen LogP contribution in [0.15, 0.2) is 16.6 Å². The number of nitro groups is 1. The first-order valence-electron chi connectivity index (χ1n) is 5.96. The molecule has 104 valence electrons. The molecule has 0 bridgehead atoms. The van der Waals surface area contributed by atoms with E-state index < -0.39 is 16.8 Å². The van der Waals surface area contributed by atoms with Crippen LogP contribution < -0.4 is 4.90 Å². The van der Waals surface area contributed by atoms with Crippen molar-refractivity contribution in [1.82, 2.24) is 0 Å². The lowest BCUT2D eigenvalue weighted by atomic mass is 9.95. The van der Waals surface area contributed by atoms with Gasteiger partial charge in [0, 0.05) is 13.1 Å². The summed E-state index contributed by atoms with van der Waals surface area (Å²) in [5.74, 6) is -0.499. The van der Waals surface area contributed by atoms with Crippen LogP contribution in [-0.2, 0) is 0 Å². The second-order valence-electron chi connectivity index (χ2n) is 4.79. The average Bonchev–Trinajstić information content (AvgIpc) is 2.35. The zero-order chi connectivity index (χ0) is 14.2. The molecule has 1 fully saturated rings. The minimum Gasteiger partial charge on any atom is -0.391 e. The largest absolute Gasteiger partial charge is 0.391 e. The van der Waals surface area contributed by atoms with E-state index in [1.54, 1.807) is 4.90 Å². The number of aliphatic hydroxyl groups is 1. The van der Waals surface area contributed by atoms with Gasteiger partial charge in [-0.1, -0.05) is 6.92 Å². The van der Waals surface area contributed by atoms with Gasteiger partial charge in [-0.3, -0.25) is 10.1 Å². The number of aliphatic hydroxyl groups excluding tert-OH is 1. The molecule has 0 radical (unpaired) electrons. The average molecular weight is 333 g/mol. The summed E-state index contributed by atoms with van der Waals surface area (Å²) in [4.78, 5) is 12.1. The molecule has 2 unspecified atom stereocenters. The highest BCUT2D eigenvalue weighted by Gasteiger charge is 2.29. The zero-order valence-corrected chi connectivity index (χ0v) is 11.9. The van der Waals surface area contributed by atoms with Gasteiger partial charge >= 0.3 is 0 Å². The molecule has 1 aliphatic rings. The minimum absolute atomic E-state index is 0.166. The molecule has 1 aromatic carbocycles. The van der Waals surface area contributed by atoms with Crippen molar-refractivity contribution in [1.29, 1.82) is 0 Å². The number of nitro benzene ring substituents is 1. The van der Waals surface area contributed by atoms with Crippen LogP contribution >= 0.6 is 15.9 Å². The maximum absolute atomic E-state index is 13.4. The number of hydrogen-bond acceptors (Lipinski definition) is 4. The van der Waals surface area contributed by atoms with Crippen LogP contribution in [0.4, 0.5) is 15.8 Å². The van der Waals surface area contributed by atoms with Gasteiger partial charge < -0.3 is 10.0 Å². The van der Waals surface area contributed by atoms with E-state index in [0.29, 0.717) is 18.8 Å². The van der Waals surface area contributed by atoms with Gasteiger partial charge in [-0.15, -0.1) is 0 Å². The molecule has 1 N–H and O–H groups in total. The van der Waals surface area contributed by atoms with Gasteiger partial charge in [0.1, 0.15) is 11.5 Å². The van der Waals surface area contributed by atoms with E-state index >= 15 is 0 Å². The number of hydrogen-bond donors (Lipinski definition) is 1. The molecular weight excluding hydrogens is 319 g/mol. The normalized spacial score (nSPS) is 23.5. The minimum atomic E-state index is -0.665. The first-order valence-corrected chi connectivity index (χ1v) is 6.76. The van der Waals surface area contributed by atoms with Crippen LogP contribution in [0.1, 0.15) is 13.3 Å². The molecule has 0 spiro atoms. The van der Waals surface area contributed by atoms with E-state index in [2.05, 4.69) is 15.9 Å². The molecular formula is C12H14BrFN2O3. The van der Waals surface area contributed by atoms with Crippen molar-refractivity contribution >= 4 is 27.3 Å². The fourth-order valence-corrected chi connectivity index (χ4v) is 2.52. The third kappa shape index (κ3) is 2.87. The fraction of sp³-hybridized carbons (Fsp3) is 0.500. The van der Waals surface area contributed by atoms with Gasteiger partial charge in [0.15, 0.2) is 0 Å². The Morgan fingerprint density at radius 3 is 2.84 bits per heavy atom. The summed E-state index contributed by atoms with van der Waals surface area (Å²) >= 11 is 3.04. The summed E-state index contributed by atoms with van der Waals surface area (Å²) in [7, 11) is 0. The monoisotopic (exact) mass is 332 g/mol. The van der Waals surface area contributed by atoms with Crippen molar-refractivity contribution < 1.29 is 14.4 Å². The van der Waals surface area contributed by atoms with Crippen molar-refractivity contribution in [3.63, 3.8) is 0 Å². The Morgan fingerprint density at radius 2 is 2.26 bits per heavy atom. The van der Waals surface area contributed by atoms with Crippen LogP contribution in [0, 0.1) is 21.8 Å². The summed E-state index contributed by atoms with van der Waals surface area (Å²) in [6.45, 7) is 2.87. The standard InChI is InChI=1S/C12H14BrFN2O3/c1-7-2-3-15(6-12(7)17)10-4-8(13)9(14)5-11(10)16(18)19/h4-5,7,12,17H,2-3,6H2,1H3. The lowest BCUT2D eigenvalue weighted by molar-refractivity contribution is -0.384. The second kappa shape index (κ2) is 5.42. The van der Waals surface area contributed by atoms with Crippen LogP contribution in [0.3, 0.4) is 0 Å². The van der Waals surface area contributed by atoms with Crippen LogP contribution in [0.25, 0.3) is 0 Å². The maximum atomic E-state index is 13.4. The van der Waals surface area contributed by atoms with Crippen molar-refractivity contribution in [2.75, 3.05) is 18.0 Å². The summed E-state index contributed by atoms with van der Waals surface area (Å²) in [5, 5.41) is 20.9. The Balaban J connectivity index is 2.38. The number of benzene rings is 1. The molecule has 0 saturated carbocycles. The third-order valence-electron chi connectivity index (χ3n) is 3.47. The molecule has 1 aliphatic heterocycles. The highest BCUT2D eigenvalue weighted by molar-refractivity contribution is 9.10. The summed E-state index contributed by atoms with van der Waals surface area (Å²) in [6.07, 6.45) is 0.213. The Kier molecular flexibility index (Phi) is 4.05. The predicted molar refractivity (Wildman–Crippen MR) is 72.8 cm³/mol. The van der Waals surface area contributed by atoms with Gasteiger partial charge in [0.2, 0.25) is 0 Å². The Hall–Kier alpha value is -1.21. The van der Waals surface area contributed by atoms with Crippen LogP contribution in [-0.4, -0.2) is 29.2 Å². The fourth-order valence-electron chi connectivity index (χ4n) is 2.19. The first kappa shape index (κ1) is 14.2. The van der Waals surface area contributed by atoms with Crippen molar-refractivity contribution in [2.24, 2.45) is 5.92 Å². The van der Waals surface area contributed by atoms with Crippen molar-refractivity contribution in [3.05, 3.63) is 32.5 Å². The second-order valence-corrected chi connectivity index (χ2v) is 5.65. The maximum Gasteiger partial charge on any atom is 0.295 e. The van der Waals surface area contributed by atoms with Gasteiger partial charge in [-0.2, -0.15) is 0 Å². The van der Waals surface area contributed by atoms with Gasteiger partial charge in [-0.05, 0) is 34.3 Å². The van der Waals surface area contributed by atoms with Crippen molar-refractivity contribution in [2.45, 2.75) is 19.4 Å². The number of piperidine rings is 1. The van der Waals surface area contributed by atoms with Crippen LogP contribution in [0.2, 0.25) is 0 Å². The molecule has 7 heteroatoms. The van der Waals surface area contributed by atoms with Gasteiger partial charge in [0.05, 0.1) is 21.6 Å². The molecule has 1 aromatic rings. The zero-order valence-electron chi connectivity index (χ0n) is 10.3. The van der Waals surface area contributed by atoms with E-state index in [1.165, 1.54) is 6.07 Å². The number of nitrogens with zero attached hydrogens (tertiary/aromatic N) is 2. The summed E-state index contributed by atoms with van der Waals surface area (Å²) < 4.78 is 13.6. The van der Waals surface area contributed by atoms with E-state index in [-0.39, 0.29) is 16.1 Å². The lowest BCUT2D eigenvalue weighted by Crippen LogP contribution is -2.43. The molecule has 0 aromatic heterocycles. The molecule has 0 aliphatic carbocycles. The lowest BCUT2D eigenvalue weighted by Gasteiger charge is -2.35. The molecule has 1 heterocycles. The van der Waals surface area contributed by atoms with Gasteiger partial charge in [0.25, 0.3) is 5.69 Å². The quantitative estimate of drug-likeness (QED) is 0.668. The molecule has 0 amide bonds.